The maximum absolute atomic E-state index is 13.2. The van der Waals surface area contributed by atoms with E-state index in [4.69, 9.17) is 0 Å². The molecule has 1 aromatic carbocycles. The Morgan fingerprint density at radius 3 is 1.72 bits per heavy atom. The molecule has 0 aromatic heterocycles. The largest absolute Gasteiger partial charge is 0.406 e. The summed E-state index contributed by atoms with van der Waals surface area (Å²) in [4.78, 5) is 0. The average molecular weight is 272 g/mol. The molecule has 0 amide bonds. The van der Waals surface area contributed by atoms with Crippen molar-refractivity contribution in [2.24, 2.45) is 5.92 Å². The van der Waals surface area contributed by atoms with Gasteiger partial charge in [-0.25, -0.2) is 4.39 Å². The molecule has 7 heteroatoms. The second-order valence-corrected chi connectivity index (χ2v) is 3.46. The van der Waals surface area contributed by atoms with Crippen LogP contribution in [0.1, 0.15) is 5.56 Å². The molecule has 0 saturated heterocycles. The third-order valence-corrected chi connectivity index (χ3v) is 2.03. The predicted octanol–water partition coefficient (Wildman–Crippen LogP) is 4.74. The van der Waals surface area contributed by atoms with E-state index in [2.05, 4.69) is 0 Å². The lowest BCUT2D eigenvalue weighted by Gasteiger charge is -2.21. The number of hydrogen-bond donors (Lipinski definition) is 0. The van der Waals surface area contributed by atoms with Gasteiger partial charge in [0.25, 0.3) is 0 Å². The fourth-order valence-corrected chi connectivity index (χ4v) is 1.29. The number of benzene rings is 1. The van der Waals surface area contributed by atoms with Crippen LogP contribution in [0, 0.1) is 5.92 Å². The Bertz CT molecular complexity index is 399. The fourth-order valence-electron chi connectivity index (χ4n) is 1.29. The zero-order valence-corrected chi connectivity index (χ0v) is 8.69. The monoisotopic (exact) mass is 272 g/mol. The molecule has 0 fully saturated rings. The minimum atomic E-state index is -5.71. The van der Waals surface area contributed by atoms with E-state index < -0.39 is 24.1 Å². The molecule has 0 aliphatic heterocycles. The van der Waals surface area contributed by atoms with Gasteiger partial charge >= 0.3 is 12.4 Å². The number of halogens is 7. The molecule has 18 heavy (non-hydrogen) atoms. The standard InChI is InChI=1S/C11H7F7/c12-8(6-7-4-2-1-3-5-7)9(10(13,14)15)11(16,17)18/h1-6,9H. The zero-order chi connectivity index (χ0) is 14.0. The van der Waals surface area contributed by atoms with Crippen LogP contribution in [0.2, 0.25) is 0 Å². The van der Waals surface area contributed by atoms with Gasteiger partial charge in [-0.1, -0.05) is 30.3 Å². The SMILES string of the molecule is FC(=Cc1ccccc1)C(C(F)(F)F)C(F)(F)F. The minimum absolute atomic E-state index is 0.0755. The van der Waals surface area contributed by atoms with Gasteiger partial charge in [-0.3, -0.25) is 0 Å². The molecule has 0 saturated carbocycles. The maximum atomic E-state index is 13.2. The van der Waals surface area contributed by atoms with E-state index in [0.29, 0.717) is 0 Å². The van der Waals surface area contributed by atoms with E-state index in [9.17, 15) is 30.7 Å². The van der Waals surface area contributed by atoms with E-state index in [-0.39, 0.29) is 11.6 Å². The Balaban J connectivity index is 3.12. The molecule has 0 N–H and O–H groups in total. The van der Waals surface area contributed by atoms with Crippen LogP contribution in [0.3, 0.4) is 0 Å². The normalized spacial score (nSPS) is 14.1. The summed E-state index contributed by atoms with van der Waals surface area (Å²) in [7, 11) is 0. The topological polar surface area (TPSA) is 0 Å². The second-order valence-electron chi connectivity index (χ2n) is 3.46. The van der Waals surface area contributed by atoms with E-state index in [1.807, 2.05) is 0 Å². The zero-order valence-electron chi connectivity index (χ0n) is 8.69. The van der Waals surface area contributed by atoms with Gasteiger partial charge in [0, 0.05) is 0 Å². The van der Waals surface area contributed by atoms with Gasteiger partial charge in [0.05, 0.1) is 0 Å². The molecule has 0 radical (unpaired) electrons. The van der Waals surface area contributed by atoms with Crippen LogP contribution in [0.4, 0.5) is 30.7 Å². The van der Waals surface area contributed by atoms with Crippen LogP contribution in [-0.4, -0.2) is 12.4 Å². The van der Waals surface area contributed by atoms with Crippen LogP contribution < -0.4 is 0 Å². The van der Waals surface area contributed by atoms with Crippen molar-refractivity contribution in [2.75, 3.05) is 0 Å². The van der Waals surface area contributed by atoms with Crippen molar-refractivity contribution in [1.29, 1.82) is 0 Å². The van der Waals surface area contributed by atoms with Gasteiger partial charge in [-0.2, -0.15) is 26.3 Å². The Morgan fingerprint density at radius 1 is 0.889 bits per heavy atom. The maximum Gasteiger partial charge on any atom is 0.406 e. The first kappa shape index (κ1) is 14.5. The van der Waals surface area contributed by atoms with E-state index >= 15 is 0 Å². The molecule has 0 unspecified atom stereocenters. The minimum Gasteiger partial charge on any atom is -0.211 e. The Kier molecular flexibility index (Phi) is 4.03. The van der Waals surface area contributed by atoms with Gasteiger partial charge in [0.1, 0.15) is 5.83 Å². The summed E-state index contributed by atoms with van der Waals surface area (Å²) in [6.07, 6.45) is -11.2. The highest BCUT2D eigenvalue weighted by molar-refractivity contribution is 5.51. The predicted molar refractivity (Wildman–Crippen MR) is 51.1 cm³/mol. The lowest BCUT2D eigenvalue weighted by molar-refractivity contribution is -0.275. The number of allylic oxidation sites excluding steroid dienone is 1. The highest BCUT2D eigenvalue weighted by atomic mass is 19.4. The summed E-state index contributed by atoms with van der Waals surface area (Å²) in [5.41, 5.74) is -0.0755. The quantitative estimate of drug-likeness (QED) is 0.682. The van der Waals surface area contributed by atoms with Crippen molar-refractivity contribution in [3.8, 4) is 0 Å². The van der Waals surface area contributed by atoms with Gasteiger partial charge in [0.15, 0.2) is 0 Å². The summed E-state index contributed by atoms with van der Waals surface area (Å²) in [6, 6.07) is 6.64. The number of hydrogen-bond acceptors (Lipinski definition) is 0. The number of rotatable bonds is 2. The average Bonchev–Trinajstić information content (AvgIpc) is 2.13. The first-order valence-corrected chi connectivity index (χ1v) is 4.68. The second kappa shape index (κ2) is 4.99. The molecule has 1 aromatic rings. The lowest BCUT2D eigenvalue weighted by atomic mass is 10.0. The number of alkyl halides is 6. The summed E-state index contributed by atoms with van der Waals surface area (Å²) in [5.74, 6) is -6.37. The Hall–Kier alpha value is -1.53. The van der Waals surface area contributed by atoms with Crippen molar-refractivity contribution in [2.45, 2.75) is 12.4 Å². The third kappa shape index (κ3) is 3.75. The van der Waals surface area contributed by atoms with Crippen molar-refractivity contribution < 1.29 is 30.7 Å². The smallest absolute Gasteiger partial charge is 0.211 e. The molecule has 0 aliphatic carbocycles. The molecule has 0 atom stereocenters. The summed E-state index contributed by atoms with van der Waals surface area (Å²) in [5, 5.41) is 0. The van der Waals surface area contributed by atoms with Crippen LogP contribution in [0.5, 0.6) is 0 Å². The van der Waals surface area contributed by atoms with E-state index in [1.54, 1.807) is 0 Å². The molecule has 100 valence electrons. The molecular weight excluding hydrogens is 265 g/mol. The van der Waals surface area contributed by atoms with Crippen LogP contribution in [0.15, 0.2) is 36.2 Å². The first-order valence-electron chi connectivity index (χ1n) is 4.68. The molecule has 0 spiro atoms. The van der Waals surface area contributed by atoms with Crippen molar-refractivity contribution in [3.05, 3.63) is 41.7 Å². The molecule has 0 nitrogen and oxygen atoms in total. The van der Waals surface area contributed by atoms with E-state index in [1.165, 1.54) is 30.3 Å². The molecule has 1 rings (SSSR count). The molecule has 0 aliphatic rings. The molecule has 0 bridgehead atoms. The van der Waals surface area contributed by atoms with Gasteiger partial charge in [-0.05, 0) is 11.6 Å². The fraction of sp³-hybridized carbons (Fsp3) is 0.273. The van der Waals surface area contributed by atoms with Crippen LogP contribution in [0.25, 0.3) is 6.08 Å². The first-order chi connectivity index (χ1) is 8.12. The van der Waals surface area contributed by atoms with Crippen LogP contribution in [-0.2, 0) is 0 Å². The molecular formula is C11H7F7. The van der Waals surface area contributed by atoms with Gasteiger partial charge in [0.2, 0.25) is 5.92 Å². The van der Waals surface area contributed by atoms with Gasteiger partial charge < -0.3 is 0 Å². The van der Waals surface area contributed by atoms with Crippen molar-refractivity contribution in [3.63, 3.8) is 0 Å². The highest BCUT2D eigenvalue weighted by Crippen LogP contribution is 2.44. The Morgan fingerprint density at radius 2 is 1.33 bits per heavy atom. The highest BCUT2D eigenvalue weighted by Gasteiger charge is 2.59. The lowest BCUT2D eigenvalue weighted by Crippen LogP contribution is -2.36. The summed E-state index contributed by atoms with van der Waals surface area (Å²) < 4.78 is 86.2. The van der Waals surface area contributed by atoms with Gasteiger partial charge in [-0.15, -0.1) is 0 Å². The third-order valence-electron chi connectivity index (χ3n) is 2.03. The summed E-state index contributed by atoms with van der Waals surface area (Å²) in [6.45, 7) is 0. The molecule has 0 heterocycles. The van der Waals surface area contributed by atoms with Crippen molar-refractivity contribution >= 4 is 6.08 Å². The van der Waals surface area contributed by atoms with Crippen molar-refractivity contribution in [1.82, 2.24) is 0 Å². The van der Waals surface area contributed by atoms with E-state index in [0.717, 1.165) is 0 Å². The van der Waals surface area contributed by atoms with Crippen LogP contribution >= 0.6 is 0 Å². The summed E-state index contributed by atoms with van der Waals surface area (Å²) >= 11 is 0. The Labute approximate surface area is 97.7 Å².